The van der Waals surface area contributed by atoms with Gasteiger partial charge in [-0.05, 0) is 11.4 Å². The van der Waals surface area contributed by atoms with Crippen molar-refractivity contribution in [2.45, 2.75) is 85.1 Å². The number of carbonyl (C=O) groups is 5. The molecule has 1 aliphatic heterocycles. The van der Waals surface area contributed by atoms with Crippen LogP contribution >= 0.6 is 11.3 Å². The van der Waals surface area contributed by atoms with Gasteiger partial charge in [0.15, 0.2) is 18.5 Å². The minimum absolute atomic E-state index is 0.145. The maximum atomic E-state index is 11.7. The fourth-order valence-corrected chi connectivity index (χ4v) is 3.55. The van der Waals surface area contributed by atoms with E-state index < -0.39 is 48.6 Å². The Kier molecular flexibility index (Phi) is 17.0. The average molecular weight is 533 g/mol. The molecular weight excluding hydrogens is 496 g/mol. The molecule has 0 aliphatic carbocycles. The van der Waals surface area contributed by atoms with Crippen molar-refractivity contribution in [2.75, 3.05) is 13.7 Å². The average Bonchev–Trinajstić information content (AvgIpc) is 3.32. The summed E-state index contributed by atoms with van der Waals surface area (Å²) in [5.41, 5.74) is 0. The first-order chi connectivity index (χ1) is 17.2. The van der Waals surface area contributed by atoms with Crippen LogP contribution in [0.25, 0.3) is 0 Å². The molecule has 1 aromatic rings. The van der Waals surface area contributed by atoms with Gasteiger partial charge in [0.25, 0.3) is 0 Å². The molecule has 0 radical (unpaired) electrons. The van der Waals surface area contributed by atoms with E-state index in [0.29, 0.717) is 17.6 Å². The quantitative estimate of drug-likeness (QED) is 0.249. The Labute approximate surface area is 215 Å². The molecule has 0 N–H and O–H groups in total. The van der Waals surface area contributed by atoms with Crippen LogP contribution in [0.1, 0.15) is 64.1 Å². The number of hydrogen-bond acceptors (Lipinski definition) is 12. The second kappa shape index (κ2) is 18.4. The standard InChI is InChI=1S/C19H24O10S.C3H6O.C2H6/c1-5-15(23)25-9-13-16(26-10(2)21)17(24-4)18(27-11(3)22)19(29-13)28-12-6-7-30-14(12)8-20;1-2-3-4;1-2/h6-8,13,16-19H,5,9H2,1-4H3;3H,2H2,1H3;1-2H3. The SMILES string of the molecule is CC.CCC(=O)OCC1OC(Oc2ccsc2C=O)C(OC(C)=O)C(OC)C1OC(C)=O.CCC=O. The Bertz CT molecular complexity index is 823. The van der Waals surface area contributed by atoms with E-state index in [1.807, 2.05) is 20.8 Å². The fourth-order valence-electron chi connectivity index (χ4n) is 2.92. The summed E-state index contributed by atoms with van der Waals surface area (Å²) in [5.74, 6) is -1.52. The molecule has 0 aromatic carbocycles. The van der Waals surface area contributed by atoms with E-state index >= 15 is 0 Å². The number of ether oxygens (including phenoxy) is 6. The van der Waals surface area contributed by atoms with Crippen molar-refractivity contribution in [3.63, 3.8) is 0 Å². The largest absolute Gasteiger partial charge is 0.463 e. The number of aldehydes is 2. The summed E-state index contributed by atoms with van der Waals surface area (Å²) in [7, 11) is 1.34. The predicted molar refractivity (Wildman–Crippen MR) is 130 cm³/mol. The van der Waals surface area contributed by atoms with Crippen LogP contribution < -0.4 is 4.74 Å². The molecule has 0 saturated carbocycles. The highest BCUT2D eigenvalue weighted by Gasteiger charge is 2.52. The molecule has 204 valence electrons. The third-order valence-corrected chi connectivity index (χ3v) is 5.16. The van der Waals surface area contributed by atoms with Gasteiger partial charge in [-0.25, -0.2) is 0 Å². The highest BCUT2D eigenvalue weighted by molar-refractivity contribution is 7.12. The van der Waals surface area contributed by atoms with Gasteiger partial charge in [0.1, 0.15) is 35.7 Å². The topological polar surface area (TPSA) is 141 Å². The van der Waals surface area contributed by atoms with E-state index in [4.69, 9.17) is 28.4 Å². The maximum Gasteiger partial charge on any atom is 0.305 e. The lowest BCUT2D eigenvalue weighted by Gasteiger charge is -2.44. The summed E-state index contributed by atoms with van der Waals surface area (Å²) in [4.78, 5) is 55.7. The van der Waals surface area contributed by atoms with Crippen LogP contribution in [-0.2, 0) is 42.9 Å². The fraction of sp³-hybridized carbons (Fsp3) is 0.625. The van der Waals surface area contributed by atoms with Crippen LogP contribution in [0.15, 0.2) is 11.4 Å². The van der Waals surface area contributed by atoms with Crippen molar-refractivity contribution in [1.82, 2.24) is 0 Å². The van der Waals surface area contributed by atoms with Crippen molar-refractivity contribution >= 4 is 41.8 Å². The lowest BCUT2D eigenvalue weighted by molar-refractivity contribution is -0.289. The molecule has 1 aromatic heterocycles. The highest BCUT2D eigenvalue weighted by atomic mass is 32.1. The van der Waals surface area contributed by atoms with E-state index in [9.17, 15) is 24.0 Å². The molecule has 1 saturated heterocycles. The van der Waals surface area contributed by atoms with Crippen LogP contribution in [0.5, 0.6) is 5.75 Å². The number of esters is 3. The van der Waals surface area contributed by atoms with Gasteiger partial charge >= 0.3 is 17.9 Å². The minimum atomic E-state index is -1.22. The Balaban J connectivity index is 0.00000185. The zero-order valence-corrected chi connectivity index (χ0v) is 22.5. The number of methoxy groups -OCH3 is 1. The molecule has 36 heavy (non-hydrogen) atoms. The molecule has 5 unspecified atom stereocenters. The summed E-state index contributed by atoms with van der Waals surface area (Å²) >= 11 is 1.16. The number of rotatable bonds is 10. The van der Waals surface area contributed by atoms with Gasteiger partial charge in [0, 0.05) is 33.8 Å². The Morgan fingerprint density at radius 1 is 1.03 bits per heavy atom. The van der Waals surface area contributed by atoms with Crippen molar-refractivity contribution in [3.05, 3.63) is 16.3 Å². The van der Waals surface area contributed by atoms with Crippen molar-refractivity contribution < 1.29 is 52.4 Å². The number of carbonyl (C=O) groups excluding carboxylic acids is 5. The smallest absolute Gasteiger partial charge is 0.305 e. The molecule has 0 bridgehead atoms. The first-order valence-corrected chi connectivity index (χ1v) is 12.4. The summed E-state index contributed by atoms with van der Waals surface area (Å²) < 4.78 is 33.0. The van der Waals surface area contributed by atoms with Gasteiger partial charge in [-0.2, -0.15) is 0 Å². The number of thiophene rings is 1. The first-order valence-electron chi connectivity index (χ1n) is 11.5. The molecule has 1 aliphatic rings. The second-order valence-corrected chi connectivity index (χ2v) is 7.84. The lowest BCUT2D eigenvalue weighted by atomic mass is 9.98. The highest BCUT2D eigenvalue weighted by Crippen LogP contribution is 2.32. The molecule has 12 heteroatoms. The molecule has 5 atom stereocenters. The molecule has 2 rings (SSSR count). The zero-order chi connectivity index (χ0) is 27.7. The molecular formula is C24H36O11S. The van der Waals surface area contributed by atoms with Crippen molar-refractivity contribution in [3.8, 4) is 5.75 Å². The zero-order valence-electron chi connectivity index (χ0n) is 21.7. The molecule has 0 amide bonds. The number of hydrogen-bond donors (Lipinski definition) is 0. The van der Waals surface area contributed by atoms with Crippen LogP contribution in [0, 0.1) is 0 Å². The van der Waals surface area contributed by atoms with Gasteiger partial charge in [0.2, 0.25) is 6.29 Å². The van der Waals surface area contributed by atoms with Crippen LogP contribution in [-0.4, -0.2) is 74.9 Å². The first kappa shape index (κ1) is 33.2. The maximum absolute atomic E-state index is 11.7. The van der Waals surface area contributed by atoms with Gasteiger partial charge < -0.3 is 33.2 Å². The molecule has 0 spiro atoms. The van der Waals surface area contributed by atoms with E-state index in [1.54, 1.807) is 18.4 Å². The van der Waals surface area contributed by atoms with Gasteiger partial charge in [-0.1, -0.05) is 27.7 Å². The third-order valence-electron chi connectivity index (χ3n) is 4.34. The van der Waals surface area contributed by atoms with Crippen molar-refractivity contribution in [1.29, 1.82) is 0 Å². The minimum Gasteiger partial charge on any atom is -0.463 e. The Morgan fingerprint density at radius 3 is 2.08 bits per heavy atom. The summed E-state index contributed by atoms with van der Waals surface area (Å²) in [6.45, 7) is 9.59. The molecule has 2 heterocycles. The summed E-state index contributed by atoms with van der Waals surface area (Å²) in [6, 6.07) is 1.56. The van der Waals surface area contributed by atoms with Crippen LogP contribution in [0.4, 0.5) is 0 Å². The molecule has 1 fully saturated rings. The Hall–Kier alpha value is -2.83. The van der Waals surface area contributed by atoms with E-state index in [1.165, 1.54) is 21.0 Å². The Morgan fingerprint density at radius 2 is 1.61 bits per heavy atom. The summed E-state index contributed by atoms with van der Waals surface area (Å²) in [5, 5.41) is 1.65. The summed E-state index contributed by atoms with van der Waals surface area (Å²) in [6.07, 6.45) is -3.07. The van der Waals surface area contributed by atoms with Gasteiger partial charge in [0.05, 0.1) is 0 Å². The second-order valence-electron chi connectivity index (χ2n) is 6.89. The van der Waals surface area contributed by atoms with E-state index in [-0.39, 0.29) is 18.8 Å². The van der Waals surface area contributed by atoms with Crippen LogP contribution in [0.3, 0.4) is 0 Å². The van der Waals surface area contributed by atoms with E-state index in [2.05, 4.69) is 0 Å². The monoisotopic (exact) mass is 532 g/mol. The van der Waals surface area contributed by atoms with Gasteiger partial charge in [-0.3, -0.25) is 19.2 Å². The lowest BCUT2D eigenvalue weighted by Crippen LogP contribution is -2.63. The van der Waals surface area contributed by atoms with Gasteiger partial charge in [-0.15, -0.1) is 11.3 Å². The predicted octanol–water partition coefficient (Wildman–Crippen LogP) is 3.12. The van der Waals surface area contributed by atoms with E-state index in [0.717, 1.165) is 17.6 Å². The van der Waals surface area contributed by atoms with Crippen molar-refractivity contribution in [2.24, 2.45) is 0 Å². The molecule has 11 nitrogen and oxygen atoms in total. The van der Waals surface area contributed by atoms with Crippen LogP contribution in [0.2, 0.25) is 0 Å². The normalized spacial score (nSPS) is 22.4. The third kappa shape index (κ3) is 10.8.